The molecule has 1 aliphatic heterocycles. The van der Waals surface area contributed by atoms with Crippen molar-refractivity contribution < 1.29 is 9.53 Å². The van der Waals surface area contributed by atoms with Crippen molar-refractivity contribution in [1.82, 2.24) is 14.9 Å². The first-order valence-corrected chi connectivity index (χ1v) is 12.5. The highest BCUT2D eigenvalue weighted by atomic mass is 35.5. The SMILES string of the molecule is CCCN(CCC)c1cc(Cl)nc(SCC(=O)N2CCN(c3ccc(OC)cc3)CC2)n1. The van der Waals surface area contributed by atoms with E-state index in [0.29, 0.717) is 29.2 Å². The number of thioether (sulfide) groups is 1. The van der Waals surface area contributed by atoms with E-state index in [9.17, 15) is 4.79 Å². The molecule has 0 saturated carbocycles. The fraction of sp³-hybridized carbons (Fsp3) is 0.522. The number of anilines is 2. The minimum Gasteiger partial charge on any atom is -0.497 e. The minimum atomic E-state index is 0.105. The largest absolute Gasteiger partial charge is 0.497 e. The van der Waals surface area contributed by atoms with E-state index < -0.39 is 0 Å². The maximum Gasteiger partial charge on any atom is 0.233 e. The highest BCUT2D eigenvalue weighted by molar-refractivity contribution is 7.99. The second-order valence-corrected chi connectivity index (χ2v) is 9.00. The van der Waals surface area contributed by atoms with Crippen LogP contribution in [-0.4, -0.2) is 72.9 Å². The molecule has 1 fully saturated rings. The van der Waals surface area contributed by atoms with Crippen LogP contribution in [-0.2, 0) is 4.79 Å². The van der Waals surface area contributed by atoms with Crippen LogP contribution in [0.1, 0.15) is 26.7 Å². The van der Waals surface area contributed by atoms with Crippen molar-refractivity contribution in [3.05, 3.63) is 35.5 Å². The zero-order chi connectivity index (χ0) is 22.9. The summed E-state index contributed by atoms with van der Waals surface area (Å²) < 4.78 is 5.23. The van der Waals surface area contributed by atoms with Gasteiger partial charge in [-0.25, -0.2) is 9.97 Å². The molecule has 32 heavy (non-hydrogen) atoms. The second-order valence-electron chi connectivity index (χ2n) is 7.67. The molecule has 1 aromatic carbocycles. The molecule has 0 aliphatic carbocycles. The van der Waals surface area contributed by atoms with Gasteiger partial charge in [-0.15, -0.1) is 0 Å². The van der Waals surface area contributed by atoms with Gasteiger partial charge < -0.3 is 19.4 Å². The zero-order valence-corrected chi connectivity index (χ0v) is 20.7. The Morgan fingerprint density at radius 1 is 1.09 bits per heavy atom. The van der Waals surface area contributed by atoms with Crippen LogP contribution in [0.3, 0.4) is 0 Å². The van der Waals surface area contributed by atoms with Gasteiger partial charge in [-0.3, -0.25) is 4.79 Å². The highest BCUT2D eigenvalue weighted by Crippen LogP contribution is 2.24. The lowest BCUT2D eigenvalue weighted by molar-refractivity contribution is -0.128. The molecule has 1 aliphatic rings. The lowest BCUT2D eigenvalue weighted by Crippen LogP contribution is -2.49. The van der Waals surface area contributed by atoms with E-state index in [1.54, 1.807) is 13.2 Å². The number of ether oxygens (including phenoxy) is 1. The third kappa shape index (κ3) is 6.65. The van der Waals surface area contributed by atoms with Gasteiger partial charge in [0.1, 0.15) is 16.7 Å². The van der Waals surface area contributed by atoms with Gasteiger partial charge in [-0.05, 0) is 37.1 Å². The lowest BCUT2D eigenvalue weighted by Gasteiger charge is -2.36. The van der Waals surface area contributed by atoms with E-state index in [1.165, 1.54) is 11.8 Å². The molecule has 2 heterocycles. The summed E-state index contributed by atoms with van der Waals surface area (Å²) in [5.74, 6) is 2.09. The Morgan fingerprint density at radius 3 is 2.34 bits per heavy atom. The van der Waals surface area contributed by atoms with Crippen LogP contribution in [0, 0.1) is 0 Å². The molecule has 7 nitrogen and oxygen atoms in total. The summed E-state index contributed by atoms with van der Waals surface area (Å²) in [6.07, 6.45) is 2.07. The van der Waals surface area contributed by atoms with Crippen LogP contribution in [0.2, 0.25) is 5.15 Å². The van der Waals surface area contributed by atoms with Crippen molar-refractivity contribution in [2.45, 2.75) is 31.8 Å². The first-order chi connectivity index (χ1) is 15.5. The summed E-state index contributed by atoms with van der Waals surface area (Å²) in [7, 11) is 1.67. The number of nitrogens with zero attached hydrogens (tertiary/aromatic N) is 5. The number of rotatable bonds is 10. The fourth-order valence-corrected chi connectivity index (χ4v) is 4.70. The summed E-state index contributed by atoms with van der Waals surface area (Å²) in [4.78, 5) is 28.2. The van der Waals surface area contributed by atoms with E-state index in [0.717, 1.165) is 56.3 Å². The molecule has 0 spiro atoms. The predicted octanol–water partition coefficient (Wildman–Crippen LogP) is 4.21. The Hall–Kier alpha value is -2.19. The Balaban J connectivity index is 1.53. The Bertz CT molecular complexity index is 869. The van der Waals surface area contributed by atoms with Crippen LogP contribution >= 0.6 is 23.4 Å². The topological polar surface area (TPSA) is 61.8 Å². The first kappa shape index (κ1) is 24.5. The average molecular weight is 478 g/mol. The number of methoxy groups -OCH3 is 1. The lowest BCUT2D eigenvalue weighted by atomic mass is 10.2. The molecule has 1 aromatic heterocycles. The van der Waals surface area contributed by atoms with Crippen molar-refractivity contribution in [1.29, 1.82) is 0 Å². The quantitative estimate of drug-likeness (QED) is 0.288. The molecule has 9 heteroatoms. The second kappa shape index (κ2) is 12.2. The molecule has 1 saturated heterocycles. The number of carbonyl (C=O) groups excluding carboxylic acids is 1. The normalized spacial score (nSPS) is 13.9. The van der Waals surface area contributed by atoms with Crippen LogP contribution in [0.25, 0.3) is 0 Å². The number of amides is 1. The fourth-order valence-electron chi connectivity index (χ4n) is 3.72. The highest BCUT2D eigenvalue weighted by Gasteiger charge is 2.22. The van der Waals surface area contributed by atoms with Crippen molar-refractivity contribution >= 4 is 40.8 Å². The summed E-state index contributed by atoms with van der Waals surface area (Å²) in [6, 6.07) is 9.84. The molecule has 3 rings (SSSR count). The Morgan fingerprint density at radius 2 is 1.75 bits per heavy atom. The molecule has 0 bridgehead atoms. The Kier molecular flexibility index (Phi) is 9.29. The standard InChI is InChI=1S/C23H32ClN5O2S/c1-4-10-28(11-5-2)21-16-20(24)25-23(26-21)32-17-22(30)29-14-12-27(13-15-29)18-6-8-19(31-3)9-7-18/h6-9,16H,4-5,10-15,17H2,1-3H3. The molecule has 0 unspecified atom stereocenters. The van der Waals surface area contributed by atoms with Crippen LogP contribution in [0.5, 0.6) is 5.75 Å². The number of hydrogen-bond acceptors (Lipinski definition) is 7. The minimum absolute atomic E-state index is 0.105. The van der Waals surface area contributed by atoms with Crippen LogP contribution < -0.4 is 14.5 Å². The van der Waals surface area contributed by atoms with Crippen molar-refractivity contribution in [3.8, 4) is 5.75 Å². The van der Waals surface area contributed by atoms with E-state index >= 15 is 0 Å². The molecule has 0 atom stereocenters. The summed E-state index contributed by atoms with van der Waals surface area (Å²) in [5, 5.41) is 0.963. The first-order valence-electron chi connectivity index (χ1n) is 11.1. The average Bonchev–Trinajstić information content (AvgIpc) is 2.82. The number of carbonyl (C=O) groups is 1. The van der Waals surface area contributed by atoms with Gasteiger partial charge in [0.2, 0.25) is 5.91 Å². The Labute approximate surface area is 200 Å². The molecule has 2 aromatic rings. The number of aromatic nitrogens is 2. The molecule has 0 radical (unpaired) electrons. The van der Waals surface area contributed by atoms with Gasteiger partial charge in [-0.1, -0.05) is 37.2 Å². The maximum atomic E-state index is 12.8. The predicted molar refractivity (Wildman–Crippen MR) is 132 cm³/mol. The zero-order valence-electron chi connectivity index (χ0n) is 19.1. The monoisotopic (exact) mass is 477 g/mol. The van der Waals surface area contributed by atoms with Gasteiger partial charge in [0.15, 0.2) is 5.16 Å². The number of piperazine rings is 1. The molecule has 0 N–H and O–H groups in total. The van der Waals surface area contributed by atoms with Crippen molar-refractivity contribution in [3.63, 3.8) is 0 Å². The third-order valence-corrected chi connectivity index (χ3v) is 6.39. The number of halogens is 1. The van der Waals surface area contributed by atoms with Crippen LogP contribution in [0.15, 0.2) is 35.5 Å². The number of benzene rings is 1. The van der Waals surface area contributed by atoms with Crippen molar-refractivity contribution in [2.24, 2.45) is 0 Å². The molecular formula is C23H32ClN5O2S. The summed E-state index contributed by atoms with van der Waals surface area (Å²) in [6.45, 7) is 9.16. The van der Waals surface area contributed by atoms with Gasteiger partial charge >= 0.3 is 0 Å². The van der Waals surface area contributed by atoms with Gasteiger partial charge in [0, 0.05) is 51.0 Å². The van der Waals surface area contributed by atoms with E-state index in [4.69, 9.17) is 16.3 Å². The number of hydrogen-bond donors (Lipinski definition) is 0. The van der Waals surface area contributed by atoms with Gasteiger partial charge in [-0.2, -0.15) is 0 Å². The van der Waals surface area contributed by atoms with E-state index in [1.807, 2.05) is 17.0 Å². The summed E-state index contributed by atoms with van der Waals surface area (Å²) >= 11 is 7.61. The van der Waals surface area contributed by atoms with Crippen molar-refractivity contribution in [2.75, 3.05) is 61.9 Å². The van der Waals surface area contributed by atoms with Gasteiger partial charge in [0.25, 0.3) is 0 Å². The smallest absolute Gasteiger partial charge is 0.233 e. The van der Waals surface area contributed by atoms with E-state index in [2.05, 4.69) is 45.7 Å². The maximum absolute atomic E-state index is 12.8. The van der Waals surface area contributed by atoms with Crippen LogP contribution in [0.4, 0.5) is 11.5 Å². The van der Waals surface area contributed by atoms with E-state index in [-0.39, 0.29) is 5.91 Å². The summed E-state index contributed by atoms with van der Waals surface area (Å²) in [5.41, 5.74) is 1.15. The third-order valence-electron chi connectivity index (χ3n) is 5.37. The molecule has 1 amide bonds. The van der Waals surface area contributed by atoms with Gasteiger partial charge in [0.05, 0.1) is 12.9 Å². The molecule has 174 valence electrons. The molecular weight excluding hydrogens is 446 g/mol.